The first-order valence-electron chi connectivity index (χ1n) is 8.20. The van der Waals surface area contributed by atoms with Crippen molar-refractivity contribution in [3.63, 3.8) is 0 Å². The van der Waals surface area contributed by atoms with Crippen molar-refractivity contribution in [1.82, 2.24) is 20.8 Å². The standard InChI is InChI=1S/C18H20N6O2/c25-17(23-21-13-15-7-3-5-11-19-15)9-1-2-10-18(26)24-22-14-16-8-4-6-12-20-16/h3-8,11-14H,1-2,9-10H2,(H,23,25)(H,24,26). The first-order chi connectivity index (χ1) is 12.7. The average Bonchev–Trinajstić information content (AvgIpc) is 2.67. The molecule has 2 heterocycles. The molecule has 0 unspecified atom stereocenters. The third kappa shape index (κ3) is 7.91. The Kier molecular flexibility index (Phi) is 8.14. The molecule has 8 heteroatoms. The van der Waals surface area contributed by atoms with Crippen LogP contribution in [0.4, 0.5) is 0 Å². The molecule has 0 fully saturated rings. The zero-order chi connectivity index (χ0) is 18.5. The highest BCUT2D eigenvalue weighted by molar-refractivity contribution is 5.81. The predicted octanol–water partition coefficient (Wildman–Crippen LogP) is 1.64. The number of hydrogen-bond donors (Lipinski definition) is 2. The van der Waals surface area contributed by atoms with Gasteiger partial charge in [0.1, 0.15) is 0 Å². The molecule has 8 nitrogen and oxygen atoms in total. The second kappa shape index (κ2) is 11.2. The van der Waals surface area contributed by atoms with Crippen LogP contribution in [0, 0.1) is 0 Å². The summed E-state index contributed by atoms with van der Waals surface area (Å²) in [5.74, 6) is -0.406. The van der Waals surface area contributed by atoms with Crippen molar-refractivity contribution in [2.24, 2.45) is 10.2 Å². The monoisotopic (exact) mass is 352 g/mol. The molecule has 0 aliphatic carbocycles. The van der Waals surface area contributed by atoms with Crippen LogP contribution in [0.5, 0.6) is 0 Å². The summed E-state index contributed by atoms with van der Waals surface area (Å²) in [7, 11) is 0. The highest BCUT2D eigenvalue weighted by atomic mass is 16.2. The van der Waals surface area contributed by atoms with Gasteiger partial charge in [-0.1, -0.05) is 12.1 Å². The minimum Gasteiger partial charge on any atom is -0.273 e. The predicted molar refractivity (Wildman–Crippen MR) is 98.4 cm³/mol. The van der Waals surface area contributed by atoms with E-state index < -0.39 is 0 Å². The van der Waals surface area contributed by atoms with Crippen LogP contribution in [0.2, 0.25) is 0 Å². The summed E-state index contributed by atoms with van der Waals surface area (Å²) in [5.41, 5.74) is 6.19. The molecule has 2 aromatic heterocycles. The van der Waals surface area contributed by atoms with Gasteiger partial charge in [0, 0.05) is 25.2 Å². The number of hydrogen-bond acceptors (Lipinski definition) is 6. The van der Waals surface area contributed by atoms with E-state index in [-0.39, 0.29) is 11.8 Å². The fraction of sp³-hybridized carbons (Fsp3) is 0.222. The van der Waals surface area contributed by atoms with Gasteiger partial charge in [-0.05, 0) is 37.1 Å². The lowest BCUT2D eigenvalue weighted by atomic mass is 10.2. The number of nitrogens with zero attached hydrogens (tertiary/aromatic N) is 4. The Hall–Kier alpha value is -3.42. The van der Waals surface area contributed by atoms with Crippen molar-refractivity contribution in [2.75, 3.05) is 0 Å². The number of aromatic nitrogens is 2. The molecule has 2 rings (SSSR count). The number of carbonyl (C=O) groups excluding carboxylic acids is 2. The van der Waals surface area contributed by atoms with Gasteiger partial charge in [-0.15, -0.1) is 0 Å². The highest BCUT2D eigenvalue weighted by Gasteiger charge is 2.03. The Bertz CT molecular complexity index is 681. The van der Waals surface area contributed by atoms with E-state index in [1.165, 1.54) is 12.4 Å². The van der Waals surface area contributed by atoms with Gasteiger partial charge in [-0.2, -0.15) is 10.2 Å². The normalized spacial score (nSPS) is 10.9. The molecule has 0 bridgehead atoms. The summed E-state index contributed by atoms with van der Waals surface area (Å²) < 4.78 is 0. The summed E-state index contributed by atoms with van der Waals surface area (Å²) in [4.78, 5) is 31.4. The van der Waals surface area contributed by atoms with Crippen molar-refractivity contribution in [1.29, 1.82) is 0 Å². The average molecular weight is 352 g/mol. The molecule has 0 saturated carbocycles. The van der Waals surface area contributed by atoms with Crippen LogP contribution in [-0.2, 0) is 9.59 Å². The molecule has 0 saturated heterocycles. The molecule has 0 aliphatic rings. The minimum atomic E-state index is -0.203. The van der Waals surface area contributed by atoms with Gasteiger partial charge in [0.25, 0.3) is 0 Å². The molecule has 0 aliphatic heterocycles. The molecule has 0 spiro atoms. The maximum atomic E-state index is 11.6. The third-order valence-corrected chi connectivity index (χ3v) is 3.21. The van der Waals surface area contributed by atoms with Crippen LogP contribution in [0.15, 0.2) is 59.0 Å². The van der Waals surface area contributed by atoms with E-state index in [4.69, 9.17) is 0 Å². The number of pyridine rings is 2. The second-order valence-electron chi connectivity index (χ2n) is 5.30. The van der Waals surface area contributed by atoms with Crippen molar-refractivity contribution in [3.8, 4) is 0 Å². The van der Waals surface area contributed by atoms with Gasteiger partial charge in [-0.3, -0.25) is 19.6 Å². The molecule has 0 aromatic carbocycles. The van der Waals surface area contributed by atoms with Crippen molar-refractivity contribution < 1.29 is 9.59 Å². The first-order valence-corrected chi connectivity index (χ1v) is 8.20. The Morgan fingerprint density at radius 3 is 1.65 bits per heavy atom. The molecular formula is C18H20N6O2. The molecule has 2 aromatic rings. The van der Waals surface area contributed by atoms with Gasteiger partial charge in [0.2, 0.25) is 11.8 Å². The number of amides is 2. The van der Waals surface area contributed by atoms with Crippen molar-refractivity contribution in [2.45, 2.75) is 25.7 Å². The molecule has 0 radical (unpaired) electrons. The van der Waals surface area contributed by atoms with E-state index in [1.807, 2.05) is 12.1 Å². The van der Waals surface area contributed by atoms with Gasteiger partial charge in [0.05, 0.1) is 23.8 Å². The van der Waals surface area contributed by atoms with E-state index in [0.717, 1.165) is 0 Å². The van der Waals surface area contributed by atoms with E-state index in [2.05, 4.69) is 31.0 Å². The first kappa shape index (κ1) is 18.9. The van der Waals surface area contributed by atoms with Crippen LogP contribution in [-0.4, -0.2) is 34.2 Å². The number of hydrazone groups is 2. The van der Waals surface area contributed by atoms with Gasteiger partial charge < -0.3 is 0 Å². The lowest BCUT2D eigenvalue weighted by molar-refractivity contribution is -0.123. The number of nitrogens with one attached hydrogen (secondary N) is 2. The zero-order valence-electron chi connectivity index (χ0n) is 14.2. The van der Waals surface area contributed by atoms with Gasteiger partial charge in [0.15, 0.2) is 0 Å². The largest absolute Gasteiger partial charge is 0.273 e. The van der Waals surface area contributed by atoms with Crippen LogP contribution in [0.3, 0.4) is 0 Å². The summed E-state index contributed by atoms with van der Waals surface area (Å²) in [6, 6.07) is 10.8. The molecule has 26 heavy (non-hydrogen) atoms. The van der Waals surface area contributed by atoms with Crippen molar-refractivity contribution in [3.05, 3.63) is 60.2 Å². The lowest BCUT2D eigenvalue weighted by Gasteiger charge is -2.01. The van der Waals surface area contributed by atoms with E-state index in [0.29, 0.717) is 37.1 Å². The Morgan fingerprint density at radius 1 is 0.808 bits per heavy atom. The smallest absolute Gasteiger partial charge is 0.240 e. The highest BCUT2D eigenvalue weighted by Crippen LogP contribution is 2.00. The maximum absolute atomic E-state index is 11.6. The molecule has 2 N–H and O–H groups in total. The molecular weight excluding hydrogens is 332 g/mol. The SMILES string of the molecule is O=C(CCCCC(=O)NN=Cc1ccccn1)NN=Cc1ccccn1. The zero-order valence-corrected chi connectivity index (χ0v) is 14.2. The molecule has 0 atom stereocenters. The van der Waals surface area contributed by atoms with E-state index in [9.17, 15) is 9.59 Å². The van der Waals surface area contributed by atoms with E-state index >= 15 is 0 Å². The minimum absolute atomic E-state index is 0.203. The number of carbonyl (C=O) groups is 2. The van der Waals surface area contributed by atoms with Crippen LogP contribution in [0.1, 0.15) is 37.1 Å². The Morgan fingerprint density at radius 2 is 1.27 bits per heavy atom. The summed E-state index contributed by atoms with van der Waals surface area (Å²) >= 11 is 0. The van der Waals surface area contributed by atoms with E-state index in [1.54, 1.807) is 36.7 Å². The summed E-state index contributed by atoms with van der Waals surface area (Å²) in [6.07, 6.45) is 8.01. The van der Waals surface area contributed by atoms with Crippen LogP contribution in [0.25, 0.3) is 0 Å². The fourth-order valence-electron chi connectivity index (χ4n) is 1.93. The summed E-state index contributed by atoms with van der Waals surface area (Å²) in [5, 5.41) is 7.67. The van der Waals surface area contributed by atoms with Gasteiger partial charge >= 0.3 is 0 Å². The van der Waals surface area contributed by atoms with Crippen LogP contribution < -0.4 is 10.9 Å². The number of unbranched alkanes of at least 4 members (excludes halogenated alkanes) is 1. The molecule has 134 valence electrons. The maximum Gasteiger partial charge on any atom is 0.240 e. The topological polar surface area (TPSA) is 109 Å². The van der Waals surface area contributed by atoms with Crippen molar-refractivity contribution >= 4 is 24.2 Å². The fourth-order valence-corrected chi connectivity index (χ4v) is 1.93. The third-order valence-electron chi connectivity index (χ3n) is 3.21. The van der Waals surface area contributed by atoms with Gasteiger partial charge in [-0.25, -0.2) is 10.9 Å². The Balaban J connectivity index is 1.55. The second-order valence-corrected chi connectivity index (χ2v) is 5.30. The lowest BCUT2D eigenvalue weighted by Crippen LogP contribution is -2.19. The Labute approximate surface area is 151 Å². The molecule has 2 amide bonds. The number of rotatable bonds is 9. The summed E-state index contributed by atoms with van der Waals surface area (Å²) in [6.45, 7) is 0. The quantitative estimate of drug-likeness (QED) is 0.406. The van der Waals surface area contributed by atoms with Crippen LogP contribution >= 0.6 is 0 Å².